The number of carboxylic acids is 1. The van der Waals surface area contributed by atoms with Crippen LogP contribution in [0.5, 0.6) is 0 Å². The van der Waals surface area contributed by atoms with Gasteiger partial charge < -0.3 is 10.4 Å². The molecule has 0 spiro atoms. The van der Waals surface area contributed by atoms with Gasteiger partial charge in [-0.1, -0.05) is 30.3 Å². The van der Waals surface area contributed by atoms with E-state index in [0.717, 1.165) is 25.7 Å². The molecule has 0 aromatic heterocycles. The quantitative estimate of drug-likeness (QED) is 0.871. The van der Waals surface area contributed by atoms with E-state index in [-0.39, 0.29) is 23.7 Å². The second kappa shape index (κ2) is 5.88. The van der Waals surface area contributed by atoms with Gasteiger partial charge in [-0.15, -0.1) is 0 Å². The Morgan fingerprint density at radius 2 is 1.76 bits per heavy atom. The first-order chi connectivity index (χ1) is 10.2. The molecule has 0 saturated heterocycles. The minimum absolute atomic E-state index is 0.0643. The van der Waals surface area contributed by atoms with Crippen molar-refractivity contribution in [3.63, 3.8) is 0 Å². The Bertz CT molecular complexity index is 528. The number of hydrogen-bond donors (Lipinski definition) is 2. The van der Waals surface area contributed by atoms with Gasteiger partial charge >= 0.3 is 5.97 Å². The normalized spacial score (nSPS) is 30.3. The van der Waals surface area contributed by atoms with Gasteiger partial charge in [0, 0.05) is 6.54 Å². The zero-order valence-corrected chi connectivity index (χ0v) is 12.0. The lowest BCUT2D eigenvalue weighted by atomic mass is 9.78. The fourth-order valence-electron chi connectivity index (χ4n) is 4.12. The predicted molar refractivity (Wildman–Crippen MR) is 78.6 cm³/mol. The van der Waals surface area contributed by atoms with Crippen LogP contribution in [0.15, 0.2) is 30.3 Å². The number of hydrogen-bond acceptors (Lipinski definition) is 2. The highest BCUT2D eigenvalue weighted by atomic mass is 16.4. The maximum atomic E-state index is 12.4. The first-order valence-corrected chi connectivity index (χ1v) is 7.71. The summed E-state index contributed by atoms with van der Waals surface area (Å²) in [4.78, 5) is 23.8. The van der Waals surface area contributed by atoms with Gasteiger partial charge in [0.2, 0.25) is 5.91 Å². The third-order valence-electron chi connectivity index (χ3n) is 5.06. The van der Waals surface area contributed by atoms with Gasteiger partial charge in [0.15, 0.2) is 0 Å². The van der Waals surface area contributed by atoms with Crippen molar-refractivity contribution in [1.82, 2.24) is 5.32 Å². The Hall–Kier alpha value is -1.84. The Kier molecular flexibility index (Phi) is 3.95. The molecule has 4 heteroatoms. The van der Waals surface area contributed by atoms with Gasteiger partial charge in [-0.25, -0.2) is 0 Å². The van der Waals surface area contributed by atoms with Gasteiger partial charge in [0.1, 0.15) is 0 Å². The number of aliphatic carboxylic acids is 1. The highest BCUT2D eigenvalue weighted by molar-refractivity contribution is 5.86. The molecule has 1 aromatic carbocycles. The summed E-state index contributed by atoms with van der Waals surface area (Å²) in [6.07, 6.45) is 3.67. The molecule has 2 N–H and O–H groups in total. The van der Waals surface area contributed by atoms with E-state index in [0.29, 0.717) is 6.54 Å². The van der Waals surface area contributed by atoms with E-state index < -0.39 is 11.9 Å². The van der Waals surface area contributed by atoms with E-state index in [9.17, 15) is 14.7 Å². The summed E-state index contributed by atoms with van der Waals surface area (Å²) in [5, 5.41) is 12.3. The van der Waals surface area contributed by atoms with E-state index in [1.807, 2.05) is 30.3 Å². The van der Waals surface area contributed by atoms with Crippen LogP contribution in [0.1, 0.15) is 24.8 Å². The number of nitrogens with one attached hydrogen (secondary N) is 1. The van der Waals surface area contributed by atoms with Gasteiger partial charge in [-0.05, 0) is 43.1 Å². The lowest BCUT2D eigenvalue weighted by molar-refractivity contribution is -0.149. The lowest BCUT2D eigenvalue weighted by Gasteiger charge is -2.27. The summed E-state index contributed by atoms with van der Waals surface area (Å²) in [5.74, 6) is -1.18. The van der Waals surface area contributed by atoms with E-state index in [1.165, 1.54) is 5.56 Å². The number of benzene rings is 1. The zero-order chi connectivity index (χ0) is 14.8. The molecule has 2 bridgehead atoms. The number of carbonyl (C=O) groups excluding carboxylic acids is 1. The fraction of sp³-hybridized carbons (Fsp3) is 0.529. The van der Waals surface area contributed by atoms with Crippen LogP contribution in [0.2, 0.25) is 0 Å². The van der Waals surface area contributed by atoms with Crippen molar-refractivity contribution >= 4 is 11.9 Å². The molecule has 2 aliphatic rings. The van der Waals surface area contributed by atoms with Crippen molar-refractivity contribution < 1.29 is 14.7 Å². The Morgan fingerprint density at radius 1 is 1.10 bits per heavy atom. The molecular formula is C17H21NO3. The maximum Gasteiger partial charge on any atom is 0.307 e. The van der Waals surface area contributed by atoms with Crippen LogP contribution in [-0.4, -0.2) is 23.5 Å². The first-order valence-electron chi connectivity index (χ1n) is 7.71. The predicted octanol–water partition coefficient (Wildman–Crippen LogP) is 2.09. The Balaban J connectivity index is 1.56. The number of carboxylic acid groups (broad SMARTS) is 1. The third-order valence-corrected chi connectivity index (χ3v) is 5.06. The summed E-state index contributed by atoms with van der Waals surface area (Å²) in [6, 6.07) is 9.99. The van der Waals surface area contributed by atoms with Crippen LogP contribution in [-0.2, 0) is 16.0 Å². The zero-order valence-electron chi connectivity index (χ0n) is 12.0. The van der Waals surface area contributed by atoms with E-state index >= 15 is 0 Å². The first kappa shape index (κ1) is 14.1. The van der Waals surface area contributed by atoms with Crippen molar-refractivity contribution in [2.75, 3.05) is 6.54 Å². The van der Waals surface area contributed by atoms with Crippen molar-refractivity contribution in [3.05, 3.63) is 35.9 Å². The summed E-state index contributed by atoms with van der Waals surface area (Å²) in [7, 11) is 0. The molecule has 0 radical (unpaired) electrons. The minimum Gasteiger partial charge on any atom is -0.481 e. The SMILES string of the molecule is O=C(O)[C@@H]1[C@H]2CC[C@@H](C2)[C@@H]1C(=O)NCCc1ccccc1. The molecule has 0 unspecified atom stereocenters. The van der Waals surface area contributed by atoms with Gasteiger partial charge in [-0.2, -0.15) is 0 Å². The molecule has 112 valence electrons. The molecule has 2 aliphatic carbocycles. The molecule has 4 atom stereocenters. The average molecular weight is 287 g/mol. The second-order valence-electron chi connectivity index (χ2n) is 6.25. The van der Waals surface area contributed by atoms with Crippen molar-refractivity contribution in [3.8, 4) is 0 Å². The van der Waals surface area contributed by atoms with Crippen LogP contribution < -0.4 is 5.32 Å². The second-order valence-corrected chi connectivity index (χ2v) is 6.25. The van der Waals surface area contributed by atoms with E-state index in [1.54, 1.807) is 0 Å². The molecule has 1 aromatic rings. The molecule has 21 heavy (non-hydrogen) atoms. The summed E-state index contributed by atoms with van der Waals surface area (Å²) < 4.78 is 0. The number of carbonyl (C=O) groups is 2. The number of fused-ring (bicyclic) bond motifs is 2. The van der Waals surface area contributed by atoms with Gasteiger partial charge in [-0.3, -0.25) is 9.59 Å². The number of amides is 1. The Labute approximate surface area is 124 Å². The van der Waals surface area contributed by atoms with Crippen LogP contribution >= 0.6 is 0 Å². The fourth-order valence-corrected chi connectivity index (χ4v) is 4.12. The lowest BCUT2D eigenvalue weighted by Crippen LogP contribution is -2.41. The Morgan fingerprint density at radius 3 is 2.43 bits per heavy atom. The molecule has 4 nitrogen and oxygen atoms in total. The van der Waals surface area contributed by atoms with Crippen molar-refractivity contribution in [1.29, 1.82) is 0 Å². The topological polar surface area (TPSA) is 66.4 Å². The summed E-state index contributed by atoms with van der Waals surface area (Å²) in [5.41, 5.74) is 1.18. The van der Waals surface area contributed by atoms with Crippen LogP contribution in [0, 0.1) is 23.7 Å². The largest absolute Gasteiger partial charge is 0.481 e. The average Bonchev–Trinajstić information content (AvgIpc) is 3.08. The molecule has 2 fully saturated rings. The van der Waals surface area contributed by atoms with Crippen LogP contribution in [0.25, 0.3) is 0 Å². The van der Waals surface area contributed by atoms with E-state index in [4.69, 9.17) is 0 Å². The standard InChI is InChI=1S/C17H21NO3/c19-16(18-9-8-11-4-2-1-3-5-11)14-12-6-7-13(10-12)15(14)17(20)21/h1-5,12-15H,6-10H2,(H,18,19)(H,20,21)/t12-,13-,14-,15+/m0/s1. The molecular weight excluding hydrogens is 266 g/mol. The molecule has 1 amide bonds. The van der Waals surface area contributed by atoms with Crippen LogP contribution in [0.4, 0.5) is 0 Å². The highest BCUT2D eigenvalue weighted by Gasteiger charge is 2.53. The third kappa shape index (κ3) is 2.80. The minimum atomic E-state index is -0.801. The maximum absolute atomic E-state index is 12.4. The smallest absolute Gasteiger partial charge is 0.307 e. The van der Waals surface area contributed by atoms with Crippen molar-refractivity contribution in [2.24, 2.45) is 23.7 Å². The molecule has 0 aliphatic heterocycles. The number of rotatable bonds is 5. The van der Waals surface area contributed by atoms with Crippen LogP contribution in [0.3, 0.4) is 0 Å². The van der Waals surface area contributed by atoms with Gasteiger partial charge in [0.05, 0.1) is 11.8 Å². The highest BCUT2D eigenvalue weighted by Crippen LogP contribution is 2.52. The summed E-state index contributed by atoms with van der Waals surface area (Å²) >= 11 is 0. The molecule has 3 rings (SSSR count). The van der Waals surface area contributed by atoms with E-state index in [2.05, 4.69) is 5.32 Å². The molecule has 2 saturated carbocycles. The molecule has 0 heterocycles. The summed E-state index contributed by atoms with van der Waals surface area (Å²) in [6.45, 7) is 0.572. The van der Waals surface area contributed by atoms with Gasteiger partial charge in [0.25, 0.3) is 0 Å². The monoisotopic (exact) mass is 287 g/mol. The van der Waals surface area contributed by atoms with Crippen molar-refractivity contribution in [2.45, 2.75) is 25.7 Å².